The largest absolute Gasteiger partial charge is 0.364 e. The summed E-state index contributed by atoms with van der Waals surface area (Å²) in [6, 6.07) is 13.0. The molecule has 0 spiro atoms. The zero-order valence-corrected chi connectivity index (χ0v) is 14.4. The minimum absolute atomic E-state index is 0.213. The van der Waals surface area contributed by atoms with E-state index in [-0.39, 0.29) is 12.2 Å². The van der Waals surface area contributed by atoms with Crippen LogP contribution in [0.3, 0.4) is 0 Å². The molecule has 1 aliphatic heterocycles. The van der Waals surface area contributed by atoms with Crippen LogP contribution >= 0.6 is 23.2 Å². The number of imidazole rings is 1. The van der Waals surface area contributed by atoms with Crippen molar-refractivity contribution >= 4 is 34.8 Å². The van der Waals surface area contributed by atoms with Crippen molar-refractivity contribution < 1.29 is 4.79 Å². The Balaban J connectivity index is 2.01. The maximum Gasteiger partial charge on any atom is 0.269 e. The summed E-state index contributed by atoms with van der Waals surface area (Å²) in [5.41, 5.74) is 9.43. The van der Waals surface area contributed by atoms with Gasteiger partial charge in [0.05, 0.1) is 23.6 Å². The molecule has 0 fully saturated rings. The van der Waals surface area contributed by atoms with Gasteiger partial charge in [-0.05, 0) is 24.3 Å². The first-order chi connectivity index (χ1) is 12.1. The fourth-order valence-corrected chi connectivity index (χ4v) is 3.37. The molecule has 0 saturated heterocycles. The van der Waals surface area contributed by atoms with Crippen LogP contribution in [-0.4, -0.2) is 21.2 Å². The summed E-state index contributed by atoms with van der Waals surface area (Å²) >= 11 is 12.6. The predicted octanol–water partition coefficient (Wildman–Crippen LogP) is 3.63. The molecule has 124 valence electrons. The topological polar surface area (TPSA) is 73.3 Å². The molecule has 2 aromatic carbocycles. The molecule has 7 heteroatoms. The van der Waals surface area contributed by atoms with Crippen molar-refractivity contribution in [3.05, 3.63) is 81.4 Å². The normalized spacial score (nSPS) is 12.8. The number of hydrogen-bond acceptors (Lipinski definition) is 3. The molecule has 25 heavy (non-hydrogen) atoms. The zero-order valence-electron chi connectivity index (χ0n) is 12.9. The fraction of sp³-hybridized carbons (Fsp3) is 0.0556. The van der Waals surface area contributed by atoms with Crippen LogP contribution < -0.4 is 5.73 Å². The van der Waals surface area contributed by atoms with E-state index in [1.54, 1.807) is 12.4 Å². The number of primary amides is 1. The molecule has 3 aromatic rings. The second-order valence-electron chi connectivity index (χ2n) is 5.58. The van der Waals surface area contributed by atoms with Crippen molar-refractivity contribution in [1.82, 2.24) is 9.55 Å². The Bertz CT molecular complexity index is 1040. The Kier molecular flexibility index (Phi) is 3.82. The van der Waals surface area contributed by atoms with Gasteiger partial charge in [-0.3, -0.25) is 14.4 Å². The van der Waals surface area contributed by atoms with Crippen molar-refractivity contribution in [2.24, 2.45) is 10.7 Å². The first-order valence-corrected chi connectivity index (χ1v) is 8.27. The predicted molar refractivity (Wildman–Crippen MR) is 97.9 cm³/mol. The number of carbonyl (C=O) groups excluding carboxylic acids is 1. The van der Waals surface area contributed by atoms with E-state index in [9.17, 15) is 4.79 Å². The molecule has 2 N–H and O–H groups in total. The van der Waals surface area contributed by atoms with Gasteiger partial charge in [0.2, 0.25) is 0 Å². The average molecular weight is 371 g/mol. The molecule has 0 bridgehead atoms. The first-order valence-electron chi connectivity index (χ1n) is 7.52. The molecule has 1 aromatic heterocycles. The zero-order chi connectivity index (χ0) is 17.6. The van der Waals surface area contributed by atoms with Gasteiger partial charge in [0, 0.05) is 21.2 Å². The molecular weight excluding hydrogens is 359 g/mol. The number of carbonyl (C=O) groups is 1. The summed E-state index contributed by atoms with van der Waals surface area (Å²) in [5, 5.41) is 1.17. The van der Waals surface area contributed by atoms with E-state index in [0.717, 1.165) is 16.8 Å². The van der Waals surface area contributed by atoms with E-state index in [4.69, 9.17) is 33.9 Å². The van der Waals surface area contributed by atoms with Gasteiger partial charge in [-0.25, -0.2) is 4.98 Å². The van der Waals surface area contributed by atoms with Gasteiger partial charge in [-0.15, -0.1) is 0 Å². The highest BCUT2D eigenvalue weighted by Crippen LogP contribution is 2.30. The molecule has 0 radical (unpaired) electrons. The van der Waals surface area contributed by atoms with Crippen LogP contribution in [0.2, 0.25) is 10.0 Å². The molecule has 5 nitrogen and oxygen atoms in total. The van der Waals surface area contributed by atoms with Gasteiger partial charge >= 0.3 is 0 Å². The second-order valence-corrected chi connectivity index (χ2v) is 6.42. The lowest BCUT2D eigenvalue weighted by Gasteiger charge is -2.13. The van der Waals surface area contributed by atoms with E-state index in [2.05, 4.69) is 4.98 Å². The summed E-state index contributed by atoms with van der Waals surface area (Å²) in [7, 11) is 0. The standard InChI is InChI=1S/C18H12Cl2N4O/c19-10-5-6-14-12(7-10)16(11-3-1-2-4-13(11)20)22-8-15-17(18(21)25)23-9-24(14)15/h1-7,9H,8H2,(H2,21,25). The van der Waals surface area contributed by atoms with Crippen molar-refractivity contribution in [1.29, 1.82) is 0 Å². The number of amides is 1. The quantitative estimate of drug-likeness (QED) is 0.747. The van der Waals surface area contributed by atoms with Gasteiger partial charge < -0.3 is 5.73 Å². The molecule has 2 heterocycles. The fourth-order valence-electron chi connectivity index (χ4n) is 2.97. The highest BCUT2D eigenvalue weighted by Gasteiger charge is 2.24. The molecule has 1 amide bonds. The lowest BCUT2D eigenvalue weighted by atomic mass is 10.0. The van der Waals surface area contributed by atoms with Crippen LogP contribution in [0.5, 0.6) is 0 Å². The minimum atomic E-state index is -0.583. The number of rotatable bonds is 2. The molecule has 4 rings (SSSR count). The van der Waals surface area contributed by atoms with Gasteiger partial charge in [0.1, 0.15) is 6.33 Å². The first kappa shape index (κ1) is 15.9. The highest BCUT2D eigenvalue weighted by molar-refractivity contribution is 6.36. The van der Waals surface area contributed by atoms with Gasteiger partial charge in [0.25, 0.3) is 5.91 Å². The SMILES string of the molecule is NC(=O)c1ncn2c1CN=C(c1ccccc1Cl)c1cc(Cl)ccc1-2. The van der Waals surface area contributed by atoms with Gasteiger partial charge in [-0.2, -0.15) is 0 Å². The Hall–Kier alpha value is -2.63. The number of aliphatic imine (C=N–C) groups is 1. The van der Waals surface area contributed by atoms with Crippen LogP contribution in [0.25, 0.3) is 5.69 Å². The summed E-state index contributed by atoms with van der Waals surface area (Å²) in [4.78, 5) is 20.5. The maximum atomic E-state index is 11.7. The molecular formula is C18H12Cl2N4O. The molecule has 0 atom stereocenters. The van der Waals surface area contributed by atoms with Gasteiger partial charge in [0.15, 0.2) is 5.69 Å². The molecule has 0 aliphatic carbocycles. The van der Waals surface area contributed by atoms with Crippen LogP contribution in [0.1, 0.15) is 27.3 Å². The number of nitrogens with zero attached hydrogens (tertiary/aromatic N) is 3. The molecule has 1 aliphatic rings. The van der Waals surface area contributed by atoms with Crippen LogP contribution in [0.15, 0.2) is 53.8 Å². The number of benzene rings is 2. The minimum Gasteiger partial charge on any atom is -0.364 e. The molecule has 0 saturated carbocycles. The monoisotopic (exact) mass is 370 g/mol. The second kappa shape index (κ2) is 6.02. The lowest BCUT2D eigenvalue weighted by molar-refractivity contribution is 0.0995. The Morgan fingerprint density at radius 1 is 1.12 bits per heavy atom. The number of aromatic nitrogens is 2. The summed E-state index contributed by atoms with van der Waals surface area (Å²) in [6.07, 6.45) is 1.58. The summed E-state index contributed by atoms with van der Waals surface area (Å²) < 4.78 is 1.82. The van der Waals surface area contributed by atoms with Crippen LogP contribution in [0, 0.1) is 0 Å². The summed E-state index contributed by atoms with van der Waals surface area (Å²) in [5.74, 6) is -0.583. The lowest BCUT2D eigenvalue weighted by Crippen LogP contribution is -2.14. The third kappa shape index (κ3) is 2.62. The van der Waals surface area contributed by atoms with E-state index >= 15 is 0 Å². The Morgan fingerprint density at radius 3 is 2.68 bits per heavy atom. The number of halogens is 2. The van der Waals surface area contributed by atoms with E-state index < -0.39 is 5.91 Å². The van der Waals surface area contributed by atoms with Crippen LogP contribution in [-0.2, 0) is 6.54 Å². The number of hydrogen-bond donors (Lipinski definition) is 1. The van der Waals surface area contributed by atoms with Gasteiger partial charge in [-0.1, -0.05) is 41.4 Å². The van der Waals surface area contributed by atoms with Crippen molar-refractivity contribution in [2.75, 3.05) is 0 Å². The smallest absolute Gasteiger partial charge is 0.269 e. The summed E-state index contributed by atoms with van der Waals surface area (Å²) in [6.45, 7) is 0.255. The van der Waals surface area contributed by atoms with E-state index in [1.807, 2.05) is 41.0 Å². The Labute approximate surface area is 153 Å². The maximum absolute atomic E-state index is 11.7. The highest BCUT2D eigenvalue weighted by atomic mass is 35.5. The van der Waals surface area contributed by atoms with Crippen molar-refractivity contribution in [3.8, 4) is 5.69 Å². The van der Waals surface area contributed by atoms with Crippen LogP contribution in [0.4, 0.5) is 0 Å². The van der Waals surface area contributed by atoms with Crippen molar-refractivity contribution in [3.63, 3.8) is 0 Å². The number of nitrogens with two attached hydrogens (primary N) is 1. The van der Waals surface area contributed by atoms with E-state index in [0.29, 0.717) is 21.5 Å². The van der Waals surface area contributed by atoms with E-state index in [1.165, 1.54) is 0 Å². The Morgan fingerprint density at radius 2 is 1.92 bits per heavy atom. The molecule has 0 unspecified atom stereocenters. The number of fused-ring (bicyclic) bond motifs is 3. The third-order valence-corrected chi connectivity index (χ3v) is 4.65. The van der Waals surface area contributed by atoms with Crippen molar-refractivity contribution in [2.45, 2.75) is 6.54 Å². The third-order valence-electron chi connectivity index (χ3n) is 4.09. The average Bonchev–Trinajstić information content (AvgIpc) is 2.94.